The summed E-state index contributed by atoms with van der Waals surface area (Å²) in [5.74, 6) is 2.55. The first-order valence-electron chi connectivity index (χ1n) is 13.4. The highest BCUT2D eigenvalue weighted by molar-refractivity contribution is 5.99. The SMILES string of the molecule is C#CC.C/C=C\CC/C(=N\CNC(/C=C\Cc1c(C(=O)NCCN(C)C)cn2ncnc(N)c12)=C/C)NCC(F)(F)F. The van der Waals surface area contributed by atoms with E-state index in [4.69, 9.17) is 5.73 Å². The van der Waals surface area contributed by atoms with E-state index in [1.165, 1.54) is 6.33 Å². The number of likely N-dealkylation sites (N-methyl/N-ethyl adjacent to an activating group) is 1. The fraction of sp³-hybridized carbons (Fsp3) is 0.448. The van der Waals surface area contributed by atoms with Crippen molar-refractivity contribution in [2.75, 3.05) is 46.1 Å². The van der Waals surface area contributed by atoms with Crippen molar-refractivity contribution in [2.45, 2.75) is 46.2 Å². The number of nitrogen functional groups attached to an aromatic ring is 1. The third kappa shape index (κ3) is 13.4. The first-order chi connectivity index (χ1) is 20.0. The molecule has 0 saturated heterocycles. The predicted molar refractivity (Wildman–Crippen MR) is 163 cm³/mol. The van der Waals surface area contributed by atoms with Crippen LogP contribution in [0.15, 0.2) is 53.6 Å². The van der Waals surface area contributed by atoms with Gasteiger partial charge in [-0.05, 0) is 59.3 Å². The number of fused-ring (bicyclic) bond motifs is 1. The summed E-state index contributed by atoms with van der Waals surface area (Å²) in [7, 11) is 3.85. The molecule has 0 aliphatic heterocycles. The first-order valence-corrected chi connectivity index (χ1v) is 13.4. The van der Waals surface area contributed by atoms with Crippen LogP contribution in [0, 0.1) is 12.3 Å². The van der Waals surface area contributed by atoms with Crippen molar-refractivity contribution < 1.29 is 18.0 Å². The fourth-order valence-electron chi connectivity index (χ4n) is 3.59. The highest BCUT2D eigenvalue weighted by Crippen LogP contribution is 2.23. The van der Waals surface area contributed by atoms with Gasteiger partial charge in [0, 0.05) is 31.4 Å². The van der Waals surface area contributed by atoms with E-state index in [2.05, 4.69) is 43.4 Å². The molecule has 42 heavy (non-hydrogen) atoms. The van der Waals surface area contributed by atoms with Crippen LogP contribution in [0.3, 0.4) is 0 Å². The summed E-state index contributed by atoms with van der Waals surface area (Å²) >= 11 is 0. The summed E-state index contributed by atoms with van der Waals surface area (Å²) in [6.45, 7) is 5.46. The fourth-order valence-corrected chi connectivity index (χ4v) is 3.59. The molecule has 2 aromatic rings. The van der Waals surface area contributed by atoms with Crippen molar-refractivity contribution in [1.29, 1.82) is 0 Å². The molecule has 0 unspecified atom stereocenters. The van der Waals surface area contributed by atoms with Crippen LogP contribution >= 0.6 is 0 Å². The highest BCUT2D eigenvalue weighted by atomic mass is 19.4. The van der Waals surface area contributed by atoms with E-state index in [1.54, 1.807) is 17.6 Å². The van der Waals surface area contributed by atoms with Crippen LogP contribution in [0.2, 0.25) is 0 Å². The molecule has 0 atom stereocenters. The lowest BCUT2D eigenvalue weighted by Crippen LogP contribution is -2.34. The molecule has 0 bridgehead atoms. The number of carbonyl (C=O) groups excluding carboxylic acids is 1. The van der Waals surface area contributed by atoms with Crippen molar-refractivity contribution in [3.8, 4) is 12.3 Å². The Kier molecular flexibility index (Phi) is 16.1. The number of hydrogen-bond donors (Lipinski definition) is 4. The zero-order valence-corrected chi connectivity index (χ0v) is 24.9. The van der Waals surface area contributed by atoms with Gasteiger partial charge in [-0.1, -0.05) is 24.3 Å². The number of nitrogens with one attached hydrogen (secondary N) is 3. The number of alkyl halides is 3. The molecule has 0 radical (unpaired) electrons. The summed E-state index contributed by atoms with van der Waals surface area (Å²) in [4.78, 5) is 23.2. The van der Waals surface area contributed by atoms with Gasteiger partial charge in [-0.2, -0.15) is 18.3 Å². The first kappa shape index (κ1) is 35.7. The second kappa shape index (κ2) is 18.9. The van der Waals surface area contributed by atoms with Crippen molar-refractivity contribution in [2.24, 2.45) is 4.99 Å². The average molecular weight is 590 g/mol. The summed E-state index contributed by atoms with van der Waals surface area (Å²) in [6.07, 6.45) is 13.8. The maximum absolute atomic E-state index is 12.9. The number of rotatable bonds is 14. The van der Waals surface area contributed by atoms with E-state index in [1.807, 2.05) is 63.2 Å². The normalized spacial score (nSPS) is 12.5. The van der Waals surface area contributed by atoms with E-state index >= 15 is 0 Å². The van der Waals surface area contributed by atoms with Gasteiger partial charge in [0.15, 0.2) is 5.82 Å². The minimum absolute atomic E-state index is 0.0928. The minimum Gasteiger partial charge on any atom is -0.382 e. The molecule has 1 amide bonds. The van der Waals surface area contributed by atoms with E-state index in [-0.39, 0.29) is 24.2 Å². The number of aromatic nitrogens is 3. The molecular weight excluding hydrogens is 547 g/mol. The zero-order valence-electron chi connectivity index (χ0n) is 24.9. The molecular formula is C29H42F3N9O. The van der Waals surface area contributed by atoms with Crippen molar-refractivity contribution >= 4 is 23.1 Å². The molecule has 0 aliphatic carbocycles. The van der Waals surface area contributed by atoms with Crippen LogP contribution in [-0.2, 0) is 6.42 Å². The highest BCUT2D eigenvalue weighted by Gasteiger charge is 2.27. The maximum atomic E-state index is 12.9. The molecule has 2 heterocycles. The Bertz CT molecular complexity index is 1290. The van der Waals surface area contributed by atoms with E-state index in [9.17, 15) is 18.0 Å². The summed E-state index contributed by atoms with van der Waals surface area (Å²) in [5.41, 5.74) is 8.51. The lowest BCUT2D eigenvalue weighted by molar-refractivity contribution is -0.122. The van der Waals surface area contributed by atoms with Crippen LogP contribution in [0.1, 0.15) is 49.5 Å². The number of carbonyl (C=O) groups is 1. The number of aliphatic imine (C=N–C) groups is 1. The topological polar surface area (TPSA) is 125 Å². The smallest absolute Gasteiger partial charge is 0.382 e. The molecule has 230 valence electrons. The molecule has 0 saturated carbocycles. The Labute approximate surface area is 246 Å². The number of halogens is 3. The van der Waals surface area contributed by atoms with Crippen LogP contribution < -0.4 is 21.7 Å². The van der Waals surface area contributed by atoms with Crippen LogP contribution in [-0.4, -0.2) is 77.8 Å². The zero-order chi connectivity index (χ0) is 31.5. The second-order valence-corrected chi connectivity index (χ2v) is 9.17. The van der Waals surface area contributed by atoms with Crippen LogP contribution in [0.25, 0.3) is 5.52 Å². The van der Waals surface area contributed by atoms with Gasteiger partial charge >= 0.3 is 6.18 Å². The Morgan fingerprint density at radius 3 is 2.57 bits per heavy atom. The van der Waals surface area contributed by atoms with Gasteiger partial charge in [0.2, 0.25) is 0 Å². The number of anilines is 1. The predicted octanol–water partition coefficient (Wildman–Crippen LogP) is 3.70. The quantitative estimate of drug-likeness (QED) is 0.0871. The monoisotopic (exact) mass is 589 g/mol. The van der Waals surface area contributed by atoms with Crippen molar-refractivity contribution in [3.05, 3.63) is 59.7 Å². The maximum Gasteiger partial charge on any atom is 0.405 e. The van der Waals surface area contributed by atoms with Gasteiger partial charge in [0.05, 0.1) is 11.4 Å². The Morgan fingerprint density at radius 1 is 1.24 bits per heavy atom. The molecule has 0 fully saturated rings. The molecule has 2 aromatic heterocycles. The second-order valence-electron chi connectivity index (χ2n) is 9.17. The van der Waals surface area contributed by atoms with Gasteiger partial charge in [-0.3, -0.25) is 9.79 Å². The molecule has 0 spiro atoms. The van der Waals surface area contributed by atoms with Crippen molar-refractivity contribution in [1.82, 2.24) is 35.4 Å². The number of terminal acetylenes is 1. The van der Waals surface area contributed by atoms with Gasteiger partial charge < -0.3 is 26.6 Å². The average Bonchev–Trinajstić information content (AvgIpc) is 3.30. The van der Waals surface area contributed by atoms with E-state index < -0.39 is 12.7 Å². The lowest BCUT2D eigenvalue weighted by Gasteiger charge is -2.12. The Morgan fingerprint density at radius 2 is 1.95 bits per heavy atom. The third-order valence-electron chi connectivity index (χ3n) is 5.56. The third-order valence-corrected chi connectivity index (χ3v) is 5.56. The largest absolute Gasteiger partial charge is 0.405 e. The minimum atomic E-state index is -4.33. The molecule has 0 aromatic carbocycles. The van der Waals surface area contributed by atoms with Gasteiger partial charge in [-0.25, -0.2) is 9.50 Å². The van der Waals surface area contributed by atoms with E-state index in [0.29, 0.717) is 54.7 Å². The Hall–Kier alpha value is -4.31. The molecule has 10 nitrogen and oxygen atoms in total. The number of nitrogens with zero attached hydrogens (tertiary/aromatic N) is 5. The van der Waals surface area contributed by atoms with Crippen LogP contribution in [0.5, 0.6) is 0 Å². The number of hydrogen-bond acceptors (Lipinski definition) is 7. The van der Waals surface area contributed by atoms with Gasteiger partial charge in [0.1, 0.15) is 25.1 Å². The van der Waals surface area contributed by atoms with Gasteiger partial charge in [-0.15, -0.1) is 12.3 Å². The number of allylic oxidation sites excluding steroid dienone is 5. The lowest BCUT2D eigenvalue weighted by atomic mass is 10.1. The Balaban J connectivity index is 0.00000281. The summed E-state index contributed by atoms with van der Waals surface area (Å²) < 4.78 is 39.5. The van der Waals surface area contributed by atoms with E-state index in [0.717, 1.165) is 0 Å². The number of nitrogens with two attached hydrogens (primary N) is 1. The summed E-state index contributed by atoms with van der Waals surface area (Å²) in [6, 6.07) is 0. The molecule has 0 aliphatic rings. The molecule has 2 rings (SSSR count). The van der Waals surface area contributed by atoms with Crippen molar-refractivity contribution in [3.63, 3.8) is 0 Å². The molecule has 13 heteroatoms. The standard InChI is InChI=1S/C26H38F3N9O.C3H4/c1-5-7-8-12-22(32-16-26(27,28)29)34-17-33-19(6-2)10-9-11-20-21(25(39)31-13-14-37(3)4)15-38-23(20)24(30)35-18-36-38;1-3-2/h5-7,9-10,15,18,33H,8,11-14,16-17H2,1-4H3,(H,31,39)(H,32,34)(H2,30,35,36);1H,2H3/b7-5-,10-9-,19-6+;. The van der Waals surface area contributed by atoms with Crippen LogP contribution in [0.4, 0.5) is 19.0 Å². The number of amidine groups is 1. The van der Waals surface area contributed by atoms with Gasteiger partial charge in [0.25, 0.3) is 5.91 Å². The summed E-state index contributed by atoms with van der Waals surface area (Å²) in [5, 5.41) is 12.6. The molecule has 5 N–H and O–H groups in total. The number of amides is 1.